The molecule has 168 valence electrons. The molecule has 32 heavy (non-hydrogen) atoms. The Labute approximate surface area is 190 Å². The quantitative estimate of drug-likeness (QED) is 0.236. The minimum absolute atomic E-state index is 0.223. The zero-order valence-corrected chi connectivity index (χ0v) is 18.4. The Morgan fingerprint density at radius 1 is 0.875 bits per heavy atom. The van der Waals surface area contributed by atoms with Crippen molar-refractivity contribution >= 4 is 49.7 Å². The van der Waals surface area contributed by atoms with Gasteiger partial charge in [-0.2, -0.15) is 0 Å². The third kappa shape index (κ3) is 5.52. The maximum absolute atomic E-state index is 12.9. The molecule has 2 heterocycles. The molecule has 10 heteroatoms. The van der Waals surface area contributed by atoms with Crippen molar-refractivity contribution < 1.29 is 24.2 Å². The van der Waals surface area contributed by atoms with Crippen LogP contribution in [0.5, 0.6) is 0 Å². The average molecular weight is 505 g/mol. The average Bonchev–Trinajstić information content (AvgIpc) is 3.31. The number of nitrogens with two attached hydrogens (primary N) is 2. The third-order valence-corrected chi connectivity index (χ3v) is 5.47. The van der Waals surface area contributed by atoms with E-state index >= 15 is 0 Å². The highest BCUT2D eigenvalue weighted by atomic mass is 79.9. The van der Waals surface area contributed by atoms with E-state index in [1.165, 1.54) is 12.1 Å². The lowest BCUT2D eigenvalue weighted by Crippen LogP contribution is -2.32. The van der Waals surface area contributed by atoms with Gasteiger partial charge in [0.1, 0.15) is 17.9 Å². The molecule has 0 amide bonds. The van der Waals surface area contributed by atoms with Gasteiger partial charge >= 0.3 is 11.9 Å². The number of H-pyrrole nitrogens is 2. The van der Waals surface area contributed by atoms with E-state index in [-0.39, 0.29) is 12.2 Å². The molecule has 8 nitrogen and oxygen atoms in total. The van der Waals surface area contributed by atoms with Gasteiger partial charge in [0.05, 0.1) is 0 Å². The molecule has 4 rings (SSSR count). The molecular formula is C22H22BrFN4O4. The number of hydrogen-bond donors (Lipinski definition) is 6. The lowest BCUT2D eigenvalue weighted by molar-refractivity contribution is -0.139. The molecule has 8 N–H and O–H groups in total. The summed E-state index contributed by atoms with van der Waals surface area (Å²) in [4.78, 5) is 27.3. The number of aromatic amines is 2. The Morgan fingerprint density at radius 2 is 1.44 bits per heavy atom. The molecule has 0 spiro atoms. The van der Waals surface area contributed by atoms with Crippen molar-refractivity contribution in [2.45, 2.75) is 24.9 Å². The van der Waals surface area contributed by atoms with Gasteiger partial charge in [0.25, 0.3) is 0 Å². The van der Waals surface area contributed by atoms with E-state index in [1.807, 2.05) is 18.2 Å². The number of halogens is 2. The minimum Gasteiger partial charge on any atom is -0.480 e. The van der Waals surface area contributed by atoms with Crippen molar-refractivity contribution in [3.05, 3.63) is 70.2 Å². The lowest BCUT2D eigenvalue weighted by Gasteiger charge is -2.04. The summed E-state index contributed by atoms with van der Waals surface area (Å²) in [6.07, 6.45) is 4.01. The number of aromatic nitrogens is 2. The normalized spacial score (nSPS) is 12.9. The fourth-order valence-electron chi connectivity index (χ4n) is 3.30. The van der Waals surface area contributed by atoms with Gasteiger partial charge in [0, 0.05) is 51.5 Å². The van der Waals surface area contributed by atoms with E-state index in [2.05, 4.69) is 25.9 Å². The van der Waals surface area contributed by atoms with E-state index in [4.69, 9.17) is 21.7 Å². The van der Waals surface area contributed by atoms with Gasteiger partial charge in [-0.3, -0.25) is 9.59 Å². The predicted molar refractivity (Wildman–Crippen MR) is 123 cm³/mol. The summed E-state index contributed by atoms with van der Waals surface area (Å²) in [7, 11) is 0. The number of aliphatic carboxylic acids is 2. The van der Waals surface area contributed by atoms with Gasteiger partial charge in [0.15, 0.2) is 0 Å². The van der Waals surface area contributed by atoms with Crippen molar-refractivity contribution in [1.29, 1.82) is 0 Å². The van der Waals surface area contributed by atoms with Crippen LogP contribution in [0.4, 0.5) is 4.39 Å². The van der Waals surface area contributed by atoms with Crippen LogP contribution in [-0.4, -0.2) is 44.2 Å². The zero-order chi connectivity index (χ0) is 23.4. The largest absolute Gasteiger partial charge is 0.480 e. The monoisotopic (exact) mass is 504 g/mol. The Bertz CT molecular complexity index is 1270. The van der Waals surface area contributed by atoms with E-state index < -0.39 is 24.0 Å². The molecule has 2 atom stereocenters. The Kier molecular flexibility index (Phi) is 7.29. The standard InChI is InChI=1S/C11H11BrN2O2.C11H11FN2O2/c12-7-1-2-10-8(4-7)6(5-14-10)3-9(13)11(15)16;12-7-1-2-8-6(3-9(13)11(15)16)5-14-10(8)4-7/h2*1-2,4-5,9,14H,3,13H2,(H,15,16). The van der Waals surface area contributed by atoms with Gasteiger partial charge in [-0.05, 0) is 47.5 Å². The number of benzene rings is 2. The van der Waals surface area contributed by atoms with E-state index in [0.29, 0.717) is 11.9 Å². The molecule has 4 aromatic rings. The van der Waals surface area contributed by atoms with Crippen LogP contribution in [0, 0.1) is 5.82 Å². The number of carboxylic acid groups (broad SMARTS) is 2. The number of rotatable bonds is 6. The SMILES string of the molecule is NC(Cc1c[nH]c2cc(F)ccc12)C(=O)O.NC(Cc1c[nH]c2ccc(Br)cc12)C(=O)O. The topological polar surface area (TPSA) is 158 Å². The number of fused-ring (bicyclic) bond motifs is 2. The van der Waals surface area contributed by atoms with Gasteiger partial charge in [-0.15, -0.1) is 0 Å². The highest BCUT2D eigenvalue weighted by Crippen LogP contribution is 2.23. The van der Waals surface area contributed by atoms with Crippen LogP contribution in [0.1, 0.15) is 11.1 Å². The molecule has 0 aliphatic heterocycles. The van der Waals surface area contributed by atoms with Crippen molar-refractivity contribution in [2.75, 3.05) is 0 Å². The second kappa shape index (κ2) is 9.94. The summed E-state index contributed by atoms with van der Waals surface area (Å²) >= 11 is 3.38. The summed E-state index contributed by atoms with van der Waals surface area (Å²) in [5.41, 5.74) is 14.3. The molecule has 0 saturated carbocycles. The van der Waals surface area contributed by atoms with E-state index in [0.717, 1.165) is 31.9 Å². The second-order valence-electron chi connectivity index (χ2n) is 7.31. The smallest absolute Gasteiger partial charge is 0.320 e. The van der Waals surface area contributed by atoms with Crippen molar-refractivity contribution in [1.82, 2.24) is 9.97 Å². The second-order valence-corrected chi connectivity index (χ2v) is 8.22. The molecule has 2 aromatic carbocycles. The maximum atomic E-state index is 12.9. The first-order valence-corrected chi connectivity index (χ1v) is 10.4. The van der Waals surface area contributed by atoms with Crippen LogP contribution >= 0.6 is 15.9 Å². The van der Waals surface area contributed by atoms with Gasteiger partial charge in [0.2, 0.25) is 0 Å². The summed E-state index contributed by atoms with van der Waals surface area (Å²) in [6.45, 7) is 0. The fourth-order valence-corrected chi connectivity index (χ4v) is 3.66. The molecule has 0 saturated heterocycles. The minimum atomic E-state index is -1.04. The summed E-state index contributed by atoms with van der Waals surface area (Å²) < 4.78 is 13.9. The highest BCUT2D eigenvalue weighted by molar-refractivity contribution is 9.10. The predicted octanol–water partition coefficient (Wildman–Crippen LogP) is 3.15. The molecule has 0 aliphatic rings. The van der Waals surface area contributed by atoms with Crippen LogP contribution < -0.4 is 11.5 Å². The Balaban J connectivity index is 0.000000181. The van der Waals surface area contributed by atoms with Crippen molar-refractivity contribution in [3.8, 4) is 0 Å². The van der Waals surface area contributed by atoms with Crippen LogP contribution in [0.15, 0.2) is 53.3 Å². The van der Waals surface area contributed by atoms with E-state index in [1.54, 1.807) is 18.5 Å². The Morgan fingerprint density at radius 3 is 2.03 bits per heavy atom. The summed E-state index contributed by atoms with van der Waals surface area (Å²) in [5.74, 6) is -2.36. The molecule has 0 bridgehead atoms. The molecular weight excluding hydrogens is 483 g/mol. The zero-order valence-electron chi connectivity index (χ0n) is 16.8. The first-order chi connectivity index (χ1) is 15.2. The molecule has 0 aliphatic carbocycles. The number of nitrogens with one attached hydrogen (secondary N) is 2. The van der Waals surface area contributed by atoms with Gasteiger partial charge in [-0.1, -0.05) is 15.9 Å². The molecule has 0 fully saturated rings. The molecule has 0 radical (unpaired) electrons. The van der Waals surface area contributed by atoms with Gasteiger partial charge in [-0.25, -0.2) is 4.39 Å². The van der Waals surface area contributed by atoms with Crippen LogP contribution in [0.25, 0.3) is 21.8 Å². The third-order valence-electron chi connectivity index (χ3n) is 4.97. The highest BCUT2D eigenvalue weighted by Gasteiger charge is 2.15. The summed E-state index contributed by atoms with van der Waals surface area (Å²) in [5, 5.41) is 19.3. The number of carbonyl (C=O) groups is 2. The van der Waals surface area contributed by atoms with Crippen molar-refractivity contribution in [3.63, 3.8) is 0 Å². The number of carboxylic acids is 2. The first-order valence-electron chi connectivity index (χ1n) is 9.63. The van der Waals surface area contributed by atoms with E-state index in [9.17, 15) is 14.0 Å². The van der Waals surface area contributed by atoms with Crippen molar-refractivity contribution in [2.24, 2.45) is 11.5 Å². The van der Waals surface area contributed by atoms with Gasteiger partial charge < -0.3 is 31.6 Å². The van der Waals surface area contributed by atoms with Crippen LogP contribution in [0.3, 0.4) is 0 Å². The lowest BCUT2D eigenvalue weighted by atomic mass is 10.1. The first kappa shape index (κ1) is 23.5. The molecule has 2 aromatic heterocycles. The van der Waals surface area contributed by atoms with Crippen LogP contribution in [0.2, 0.25) is 0 Å². The maximum Gasteiger partial charge on any atom is 0.320 e. The number of hydrogen-bond acceptors (Lipinski definition) is 4. The fraction of sp³-hybridized carbons (Fsp3) is 0.182. The van der Waals surface area contributed by atoms with Crippen LogP contribution in [-0.2, 0) is 22.4 Å². The summed E-state index contributed by atoms with van der Waals surface area (Å²) in [6, 6.07) is 8.34. The Hall–Kier alpha value is -3.21. The molecule has 2 unspecified atom stereocenters.